The summed E-state index contributed by atoms with van der Waals surface area (Å²) in [4.78, 5) is 16.2. The van der Waals surface area contributed by atoms with Crippen LogP contribution in [0.15, 0.2) is 62.1 Å². The Hall–Kier alpha value is -3.12. The van der Waals surface area contributed by atoms with Gasteiger partial charge in [-0.15, -0.1) is 6.58 Å². The summed E-state index contributed by atoms with van der Waals surface area (Å²) in [5.41, 5.74) is 9.72. The van der Waals surface area contributed by atoms with Gasteiger partial charge in [0.05, 0.1) is 0 Å². The molecule has 2 aromatic rings. The Bertz CT molecular complexity index is 1210. The van der Waals surface area contributed by atoms with E-state index in [1.165, 1.54) is 105 Å². The largest absolute Gasteiger partial charge is 0.405 e. The second-order valence-corrected chi connectivity index (χ2v) is 14.6. The third kappa shape index (κ3) is 36.9. The van der Waals surface area contributed by atoms with Gasteiger partial charge in [0.2, 0.25) is 5.91 Å². The fourth-order valence-corrected chi connectivity index (χ4v) is 5.95. The molecule has 1 fully saturated rings. The van der Waals surface area contributed by atoms with Crippen molar-refractivity contribution in [2.75, 3.05) is 27.2 Å². The van der Waals surface area contributed by atoms with Crippen LogP contribution in [0.4, 0.5) is 0 Å². The highest BCUT2D eigenvalue weighted by molar-refractivity contribution is 5.85. The van der Waals surface area contributed by atoms with Gasteiger partial charge in [0.25, 0.3) is 0 Å². The lowest BCUT2D eigenvalue weighted by molar-refractivity contribution is -0.125. The lowest BCUT2D eigenvalue weighted by Gasteiger charge is -2.15. The van der Waals surface area contributed by atoms with Crippen LogP contribution in [0.2, 0.25) is 0 Å². The molecule has 1 aromatic heterocycles. The summed E-state index contributed by atoms with van der Waals surface area (Å²) >= 11 is 0. The third-order valence-electron chi connectivity index (χ3n) is 9.62. The predicted octanol–water partition coefficient (Wildman–Crippen LogP) is 14.0. The molecule has 0 aliphatic heterocycles. The van der Waals surface area contributed by atoms with Crippen LogP contribution in [-0.4, -0.2) is 38.1 Å². The Labute approximate surface area is 356 Å². The quantitative estimate of drug-likeness (QED) is 0.0664. The van der Waals surface area contributed by atoms with Crippen LogP contribution in [0.1, 0.15) is 182 Å². The molecule has 1 aliphatic carbocycles. The van der Waals surface area contributed by atoms with E-state index in [0.717, 1.165) is 68.4 Å². The van der Waals surface area contributed by atoms with Gasteiger partial charge in [-0.05, 0) is 119 Å². The number of hydrogen-bond donors (Lipinski definition) is 4. The molecule has 1 saturated carbocycles. The molecule has 0 spiro atoms. The number of benzene rings is 1. The topological polar surface area (TPSA) is 92.1 Å². The van der Waals surface area contributed by atoms with Gasteiger partial charge in [-0.25, -0.2) is 0 Å². The molecule has 1 aliphatic rings. The number of amides is 1. The van der Waals surface area contributed by atoms with Crippen molar-refractivity contribution in [1.29, 1.82) is 0 Å². The van der Waals surface area contributed by atoms with Crippen molar-refractivity contribution in [3.05, 3.63) is 78.9 Å². The zero-order valence-corrected chi connectivity index (χ0v) is 40.2. The summed E-state index contributed by atoms with van der Waals surface area (Å²) in [5.74, 6) is 2.28. The fraction of sp³-hybridized carbons (Fsp3) is 0.686. The molecule has 0 radical (unpaired) electrons. The summed E-state index contributed by atoms with van der Waals surface area (Å²) in [6.45, 7) is 36.0. The molecule has 57 heavy (non-hydrogen) atoms. The summed E-state index contributed by atoms with van der Waals surface area (Å²) in [7, 11) is 3.73. The number of allylic oxidation sites excluding steroid dienone is 1. The number of nitrogens with two attached hydrogens (primary N) is 1. The Morgan fingerprint density at radius 1 is 0.895 bits per heavy atom. The van der Waals surface area contributed by atoms with Gasteiger partial charge < -0.3 is 21.7 Å². The lowest BCUT2D eigenvalue weighted by Crippen LogP contribution is -2.27. The van der Waals surface area contributed by atoms with Crippen LogP contribution in [0.25, 0.3) is 10.8 Å². The first kappa shape index (κ1) is 60.6. The number of hydrogen-bond acceptors (Lipinski definition) is 5. The van der Waals surface area contributed by atoms with Crippen molar-refractivity contribution in [1.82, 2.24) is 20.9 Å². The smallest absolute Gasteiger partial charge is 0.222 e. The average molecular weight is 796 g/mol. The van der Waals surface area contributed by atoms with Crippen molar-refractivity contribution < 1.29 is 4.79 Å². The highest BCUT2D eigenvalue weighted by atomic mass is 16.1. The molecule has 1 amide bonds. The zero-order chi connectivity index (χ0) is 44.3. The van der Waals surface area contributed by atoms with Crippen molar-refractivity contribution in [2.45, 2.75) is 185 Å². The van der Waals surface area contributed by atoms with Crippen LogP contribution in [0.3, 0.4) is 0 Å². The molecule has 6 nitrogen and oxygen atoms in total. The number of aryl methyl sites for hydroxylation is 3. The number of unbranched alkanes of at least 4 members (excludes halogenated alkanes) is 6. The highest BCUT2D eigenvalue weighted by Crippen LogP contribution is 2.27. The highest BCUT2D eigenvalue weighted by Gasteiger charge is 2.16. The Morgan fingerprint density at radius 3 is 1.98 bits per heavy atom. The zero-order valence-electron chi connectivity index (χ0n) is 40.2. The monoisotopic (exact) mass is 796 g/mol. The van der Waals surface area contributed by atoms with Crippen LogP contribution in [-0.2, 0) is 11.2 Å². The first-order valence-corrected chi connectivity index (χ1v) is 23.1. The molecule has 0 bridgehead atoms. The van der Waals surface area contributed by atoms with Crippen LogP contribution in [0, 0.1) is 31.6 Å². The number of carbonyl (C=O) groups is 1. The number of fused-ring (bicyclic) bond motifs is 1. The van der Waals surface area contributed by atoms with E-state index in [1.54, 1.807) is 7.05 Å². The standard InChI is InChI=1S/C23H32N2.C16H34N2O.C4H8.C2H5N.3C2H6/c1-6-13-24-19(4)11-10-17(2)8-7-9-21-16-23-20(5)25-14-12-22(23)15-18(21)3;1-4-5-6-7-8-9-12-15(16(19)18-3)13-10-11-14-17-2;1-4-2-3-4;1-2-3;3*1-2/h6,12,14-17,24H,1,4,7-11,13H2,2-3,5H3;15,17H,4-14H2,1-3H3,(H,18,19);4H,2-3H2,1H3;2H,1,3H2;3*1-2H3. The average Bonchev–Trinajstić information content (AvgIpc) is 4.03. The SMILES string of the molecule is C=CCNC(=C)CCC(C)CCCc1cc2c(C)nccc2cc1C.C=CN.CC.CC.CC.CC1CC1.CCCCCCCCC(CCCCNC)C(=O)NC. The van der Waals surface area contributed by atoms with Crippen molar-refractivity contribution >= 4 is 16.7 Å². The predicted molar refractivity (Wildman–Crippen MR) is 260 cm³/mol. The molecule has 2 atom stereocenters. The van der Waals surface area contributed by atoms with E-state index in [4.69, 9.17) is 0 Å². The minimum atomic E-state index is 0.230. The van der Waals surface area contributed by atoms with E-state index >= 15 is 0 Å². The first-order chi connectivity index (χ1) is 27.6. The summed E-state index contributed by atoms with van der Waals surface area (Å²) < 4.78 is 0. The van der Waals surface area contributed by atoms with Crippen LogP contribution in [0.5, 0.6) is 0 Å². The third-order valence-corrected chi connectivity index (χ3v) is 9.62. The van der Waals surface area contributed by atoms with E-state index in [2.05, 4.69) is 99.2 Å². The van der Waals surface area contributed by atoms with E-state index in [9.17, 15) is 4.79 Å². The normalized spacial score (nSPS) is 11.8. The van der Waals surface area contributed by atoms with Gasteiger partial charge in [0.1, 0.15) is 0 Å². The number of nitrogens with zero attached hydrogens (tertiary/aromatic N) is 1. The van der Waals surface area contributed by atoms with Crippen molar-refractivity contribution in [3.63, 3.8) is 0 Å². The van der Waals surface area contributed by atoms with Gasteiger partial charge >= 0.3 is 0 Å². The molecule has 1 aromatic carbocycles. The summed E-state index contributed by atoms with van der Waals surface area (Å²) in [6, 6.07) is 6.76. The molecule has 5 N–H and O–H groups in total. The second kappa shape index (κ2) is 45.6. The number of pyridine rings is 1. The van der Waals surface area contributed by atoms with E-state index in [1.807, 2.05) is 60.9 Å². The first-order valence-electron chi connectivity index (χ1n) is 23.1. The molecule has 2 unspecified atom stereocenters. The lowest BCUT2D eigenvalue weighted by atomic mass is 9.93. The van der Waals surface area contributed by atoms with Gasteiger partial charge in [-0.1, -0.05) is 152 Å². The molecule has 0 saturated heterocycles. The van der Waals surface area contributed by atoms with Crippen molar-refractivity contribution in [2.24, 2.45) is 23.5 Å². The molecule has 6 heteroatoms. The number of rotatable bonds is 23. The maximum atomic E-state index is 11.8. The van der Waals surface area contributed by atoms with E-state index in [-0.39, 0.29) is 11.8 Å². The van der Waals surface area contributed by atoms with Gasteiger partial charge in [-0.3, -0.25) is 9.78 Å². The minimum Gasteiger partial charge on any atom is -0.405 e. The molecular weight excluding hydrogens is 699 g/mol. The van der Waals surface area contributed by atoms with Crippen LogP contribution < -0.4 is 21.7 Å². The number of aromatic nitrogens is 1. The molecule has 332 valence electrons. The minimum absolute atomic E-state index is 0.230. The Balaban J connectivity index is -0.000000385. The number of nitrogens with one attached hydrogen (secondary N) is 3. The second-order valence-electron chi connectivity index (χ2n) is 14.6. The van der Waals surface area contributed by atoms with Gasteiger partial charge in [0, 0.05) is 42.5 Å². The maximum absolute atomic E-state index is 11.8. The summed E-state index contributed by atoms with van der Waals surface area (Å²) in [6.07, 6.45) is 26.1. The van der Waals surface area contributed by atoms with Gasteiger partial charge in [0.15, 0.2) is 0 Å². The Kier molecular flexibility index (Phi) is 48.4. The summed E-state index contributed by atoms with van der Waals surface area (Å²) in [5, 5.41) is 11.8. The molecular formula is C51H97N5O. The van der Waals surface area contributed by atoms with Crippen molar-refractivity contribution in [3.8, 4) is 0 Å². The Morgan fingerprint density at radius 2 is 1.46 bits per heavy atom. The fourth-order valence-electron chi connectivity index (χ4n) is 5.95. The molecule has 3 rings (SSSR count). The van der Waals surface area contributed by atoms with E-state index < -0.39 is 0 Å². The molecule has 1 heterocycles. The van der Waals surface area contributed by atoms with Gasteiger partial charge in [-0.2, -0.15) is 0 Å². The maximum Gasteiger partial charge on any atom is 0.222 e. The van der Waals surface area contributed by atoms with Crippen LogP contribution >= 0.6 is 0 Å². The number of carbonyl (C=O) groups excluding carboxylic acids is 1. The van der Waals surface area contributed by atoms with E-state index in [0.29, 0.717) is 0 Å².